The first-order valence-electron chi connectivity index (χ1n) is 14.7. The number of carbonyl (C=O) groups excluding carboxylic acids is 1. The zero-order valence-corrected chi connectivity index (χ0v) is 23.0. The van der Waals surface area contributed by atoms with Crippen molar-refractivity contribution < 1.29 is 34.0 Å². The Balaban J connectivity index is 1.15. The zero-order chi connectivity index (χ0) is 26.2. The second-order valence-electron chi connectivity index (χ2n) is 13.6. The molecule has 0 radical (unpaired) electrons. The van der Waals surface area contributed by atoms with Gasteiger partial charge in [0.2, 0.25) is 0 Å². The van der Waals surface area contributed by atoms with Crippen LogP contribution in [0.3, 0.4) is 0 Å². The van der Waals surface area contributed by atoms with E-state index in [1.54, 1.807) is 13.2 Å². The maximum absolute atomic E-state index is 12.4. The third-order valence-electron chi connectivity index (χ3n) is 12.3. The van der Waals surface area contributed by atoms with Crippen molar-refractivity contribution in [2.45, 2.75) is 109 Å². The average Bonchev–Trinajstić information content (AvgIpc) is 3.42. The Bertz CT molecular complexity index is 935. The molecule has 0 amide bonds. The van der Waals surface area contributed by atoms with Crippen LogP contribution in [-0.2, 0) is 23.7 Å². The molecule has 1 saturated heterocycles. The number of ether oxygens (including phenoxy) is 4. The van der Waals surface area contributed by atoms with Gasteiger partial charge in [-0.05, 0) is 92.4 Å². The second-order valence-corrected chi connectivity index (χ2v) is 13.6. The van der Waals surface area contributed by atoms with E-state index in [1.807, 2.05) is 6.92 Å². The lowest BCUT2D eigenvalue weighted by Gasteiger charge is -2.64. The van der Waals surface area contributed by atoms with Crippen LogP contribution in [0.25, 0.3) is 0 Å². The van der Waals surface area contributed by atoms with Gasteiger partial charge in [0.05, 0.1) is 24.4 Å². The van der Waals surface area contributed by atoms with Gasteiger partial charge in [0.1, 0.15) is 12.7 Å². The van der Waals surface area contributed by atoms with Crippen LogP contribution in [0.15, 0.2) is 11.6 Å². The molecular weight excluding hydrogens is 472 g/mol. The summed E-state index contributed by atoms with van der Waals surface area (Å²) in [5.74, 6) is 1.31. The standard InChI is InChI=1S/C30H46O7/c1-17-26(32)24(34-4)16-36-27(17)37-20-7-10-28(2)19(14-20)5-6-23-22(28)8-11-29(3)21(9-12-30(23,29)33)18-13-25(31)35-15-18/h13,17,19-24,26-27,32-33H,5-12,14-16H2,1-4H3/t17-,19+,20+,21+,22+,23+,24-,26-,27+,28+,29+,30+/m0/s1. The Morgan fingerprint density at radius 2 is 1.86 bits per heavy atom. The summed E-state index contributed by atoms with van der Waals surface area (Å²) in [5.41, 5.74) is 0.449. The molecule has 6 rings (SSSR count). The monoisotopic (exact) mass is 518 g/mol. The minimum atomic E-state index is -0.673. The zero-order valence-electron chi connectivity index (χ0n) is 23.0. The predicted octanol–water partition coefficient (Wildman–Crippen LogP) is 4.00. The summed E-state index contributed by atoms with van der Waals surface area (Å²) in [6.45, 7) is 7.52. The van der Waals surface area contributed by atoms with Crippen molar-refractivity contribution in [1.29, 1.82) is 0 Å². The van der Waals surface area contributed by atoms with Gasteiger partial charge in [-0.1, -0.05) is 20.8 Å². The summed E-state index contributed by atoms with van der Waals surface area (Å²) in [6, 6.07) is 0. The molecule has 2 heterocycles. The molecular formula is C30H46O7. The number of fused-ring (bicyclic) bond motifs is 5. The molecule has 0 aromatic heterocycles. The molecule has 6 aliphatic rings. The van der Waals surface area contributed by atoms with Crippen LogP contribution < -0.4 is 0 Å². The fourth-order valence-corrected chi connectivity index (χ4v) is 9.99. The van der Waals surface area contributed by atoms with Crippen LogP contribution in [0.2, 0.25) is 0 Å². The summed E-state index contributed by atoms with van der Waals surface area (Å²) in [6.07, 6.45) is 9.83. The van der Waals surface area contributed by atoms with Gasteiger partial charge in [-0.15, -0.1) is 0 Å². The van der Waals surface area contributed by atoms with E-state index in [9.17, 15) is 15.0 Å². The van der Waals surface area contributed by atoms with Crippen molar-refractivity contribution in [3.05, 3.63) is 11.6 Å². The van der Waals surface area contributed by atoms with Gasteiger partial charge < -0.3 is 29.2 Å². The lowest BCUT2D eigenvalue weighted by atomic mass is 9.43. The Morgan fingerprint density at radius 3 is 2.59 bits per heavy atom. The van der Waals surface area contributed by atoms with E-state index in [2.05, 4.69) is 13.8 Å². The fourth-order valence-electron chi connectivity index (χ4n) is 9.99. The predicted molar refractivity (Wildman–Crippen MR) is 136 cm³/mol. The van der Waals surface area contributed by atoms with E-state index in [4.69, 9.17) is 18.9 Å². The van der Waals surface area contributed by atoms with Crippen molar-refractivity contribution >= 4 is 5.97 Å². The normalized spacial score (nSPS) is 53.6. The highest BCUT2D eigenvalue weighted by Gasteiger charge is 2.67. The number of aliphatic hydroxyl groups is 2. The lowest BCUT2D eigenvalue weighted by Crippen LogP contribution is -2.62. The average molecular weight is 519 g/mol. The first-order valence-corrected chi connectivity index (χ1v) is 14.7. The molecule has 7 nitrogen and oxygen atoms in total. The first-order chi connectivity index (χ1) is 17.6. The van der Waals surface area contributed by atoms with Crippen molar-refractivity contribution in [3.8, 4) is 0 Å². The number of carbonyl (C=O) groups is 1. The second kappa shape index (κ2) is 9.29. The van der Waals surface area contributed by atoms with Crippen molar-refractivity contribution in [2.75, 3.05) is 20.3 Å². The third-order valence-corrected chi connectivity index (χ3v) is 12.3. The lowest BCUT2D eigenvalue weighted by molar-refractivity contribution is -0.275. The van der Waals surface area contributed by atoms with Crippen LogP contribution in [0.4, 0.5) is 0 Å². The number of aliphatic hydroxyl groups excluding tert-OH is 1. The number of rotatable bonds is 4. The SMILES string of the molecule is CO[C@H]1CO[C@H](O[C@@H]2CC[C@]3(C)[C@H](CC[C@@H]4[C@H]3CC[C@]3(C)[C@@H](C5=CC(=O)OC5)CC[C@@]43O)C2)[C@@H](C)[C@@H]1O. The highest BCUT2D eigenvalue weighted by Crippen LogP contribution is 2.70. The quantitative estimate of drug-likeness (QED) is 0.429. The van der Waals surface area contributed by atoms with E-state index >= 15 is 0 Å². The minimum absolute atomic E-state index is 0.126. The molecule has 37 heavy (non-hydrogen) atoms. The molecule has 0 aromatic rings. The maximum Gasteiger partial charge on any atom is 0.331 e. The number of methoxy groups -OCH3 is 1. The summed E-state index contributed by atoms with van der Waals surface area (Å²) < 4.78 is 23.1. The van der Waals surface area contributed by atoms with Gasteiger partial charge in [-0.3, -0.25) is 0 Å². The molecule has 2 N–H and O–H groups in total. The minimum Gasteiger partial charge on any atom is -0.458 e. The van der Waals surface area contributed by atoms with Gasteiger partial charge in [0, 0.05) is 24.5 Å². The van der Waals surface area contributed by atoms with Crippen LogP contribution in [0.5, 0.6) is 0 Å². The van der Waals surface area contributed by atoms with Gasteiger partial charge in [-0.25, -0.2) is 4.79 Å². The number of cyclic esters (lactones) is 1. The van der Waals surface area contributed by atoms with Crippen LogP contribution in [-0.4, -0.2) is 66.7 Å². The summed E-state index contributed by atoms with van der Waals surface area (Å²) in [5, 5.41) is 23.0. The highest BCUT2D eigenvalue weighted by atomic mass is 16.7. The summed E-state index contributed by atoms with van der Waals surface area (Å²) >= 11 is 0. The van der Waals surface area contributed by atoms with Crippen molar-refractivity contribution in [3.63, 3.8) is 0 Å². The Morgan fingerprint density at radius 1 is 1.05 bits per heavy atom. The van der Waals surface area contributed by atoms with E-state index < -0.39 is 11.7 Å². The molecule has 4 saturated carbocycles. The molecule has 0 spiro atoms. The molecule has 5 fully saturated rings. The van der Waals surface area contributed by atoms with E-state index in [1.165, 1.54) is 0 Å². The Kier molecular flexibility index (Phi) is 6.59. The fraction of sp³-hybridized carbons (Fsp3) is 0.900. The van der Waals surface area contributed by atoms with Gasteiger partial charge in [-0.2, -0.15) is 0 Å². The van der Waals surface area contributed by atoms with Crippen molar-refractivity contribution in [2.24, 2.45) is 40.4 Å². The number of esters is 1. The van der Waals surface area contributed by atoms with Crippen molar-refractivity contribution in [1.82, 2.24) is 0 Å². The number of hydrogen-bond acceptors (Lipinski definition) is 7. The number of hydrogen-bond donors (Lipinski definition) is 2. The Labute approximate surface area is 221 Å². The van der Waals surface area contributed by atoms with Gasteiger partial charge >= 0.3 is 5.97 Å². The smallest absolute Gasteiger partial charge is 0.331 e. The van der Waals surface area contributed by atoms with Crippen LogP contribution >= 0.6 is 0 Å². The van der Waals surface area contributed by atoms with E-state index in [-0.39, 0.29) is 47.1 Å². The molecule has 0 unspecified atom stereocenters. The molecule has 4 aliphatic carbocycles. The third kappa shape index (κ3) is 3.89. The van der Waals surface area contributed by atoms with E-state index in [0.29, 0.717) is 31.0 Å². The van der Waals surface area contributed by atoms with Gasteiger partial charge in [0.25, 0.3) is 0 Å². The summed E-state index contributed by atoms with van der Waals surface area (Å²) in [7, 11) is 1.61. The van der Waals surface area contributed by atoms with Crippen LogP contribution in [0, 0.1) is 40.4 Å². The molecule has 0 bridgehead atoms. The molecule has 0 aromatic carbocycles. The van der Waals surface area contributed by atoms with Gasteiger partial charge in [0.15, 0.2) is 6.29 Å². The highest BCUT2D eigenvalue weighted by molar-refractivity contribution is 5.85. The Hall–Kier alpha value is -0.990. The first kappa shape index (κ1) is 26.2. The molecule has 2 aliphatic heterocycles. The largest absolute Gasteiger partial charge is 0.458 e. The van der Waals surface area contributed by atoms with E-state index in [0.717, 1.165) is 63.4 Å². The topological polar surface area (TPSA) is 94.5 Å². The summed E-state index contributed by atoms with van der Waals surface area (Å²) in [4.78, 5) is 11.8. The molecule has 208 valence electrons. The maximum atomic E-state index is 12.4. The molecule has 12 atom stereocenters. The molecule has 7 heteroatoms. The van der Waals surface area contributed by atoms with Crippen LogP contribution in [0.1, 0.15) is 78.6 Å².